The van der Waals surface area contributed by atoms with Crippen LogP contribution in [0.4, 0.5) is 4.79 Å². The van der Waals surface area contributed by atoms with E-state index in [1.54, 1.807) is 0 Å². The molecule has 6 nitrogen and oxygen atoms in total. The summed E-state index contributed by atoms with van der Waals surface area (Å²) in [6, 6.07) is 0. The molecule has 0 heterocycles. The molecule has 1 amide bonds. The number of nitrogens with two attached hydrogens (primary N) is 1. The molecule has 1 rings (SSSR count). The lowest BCUT2D eigenvalue weighted by Crippen LogP contribution is -2.30. The fourth-order valence-corrected chi connectivity index (χ4v) is 1.33. The number of amides is 1. The standard InChI is InChI=1S/C11H18N2O2.C2H4N2.C2H6/c12-7-8-13-11(14)15-9-10-5-3-1-2-4-6-10;3-1-2-4;1-2/h1,3,5H,2,4,6-9,12H2,(H,13,14);1-4H;1-2H3. The molecule has 0 spiro atoms. The first-order chi connectivity index (χ1) is 10.2. The summed E-state index contributed by atoms with van der Waals surface area (Å²) in [5, 5.41) is 14.7. The van der Waals surface area contributed by atoms with Crippen molar-refractivity contribution in [3.8, 4) is 0 Å². The maximum atomic E-state index is 11.1. The fraction of sp³-hybridized carbons (Fsp3) is 0.533. The number of hydrogen-bond donors (Lipinski definition) is 4. The molecule has 0 aromatic heterocycles. The van der Waals surface area contributed by atoms with E-state index in [-0.39, 0.29) is 0 Å². The second kappa shape index (κ2) is 18.0. The summed E-state index contributed by atoms with van der Waals surface area (Å²) in [5.41, 5.74) is 6.40. The molecule has 0 fully saturated rings. The zero-order chi connectivity index (χ0) is 16.3. The molecule has 0 saturated heterocycles. The van der Waals surface area contributed by atoms with Gasteiger partial charge in [-0.3, -0.25) is 0 Å². The van der Waals surface area contributed by atoms with E-state index in [0.717, 1.165) is 37.3 Å². The van der Waals surface area contributed by atoms with Crippen LogP contribution in [0.2, 0.25) is 0 Å². The van der Waals surface area contributed by atoms with Gasteiger partial charge in [0, 0.05) is 25.5 Å². The van der Waals surface area contributed by atoms with Gasteiger partial charge in [-0.2, -0.15) is 0 Å². The van der Waals surface area contributed by atoms with E-state index in [4.69, 9.17) is 21.3 Å². The molecule has 0 bridgehead atoms. The number of ether oxygens (including phenoxy) is 1. The van der Waals surface area contributed by atoms with E-state index >= 15 is 0 Å². The van der Waals surface area contributed by atoms with Crippen molar-refractivity contribution >= 4 is 18.5 Å². The number of nitrogens with one attached hydrogen (secondary N) is 3. The van der Waals surface area contributed by atoms with Crippen LogP contribution in [0.1, 0.15) is 33.1 Å². The minimum atomic E-state index is -0.394. The second-order valence-electron chi connectivity index (χ2n) is 3.77. The first kappa shape index (κ1) is 21.4. The van der Waals surface area contributed by atoms with Crippen molar-refractivity contribution in [2.24, 2.45) is 5.73 Å². The lowest BCUT2D eigenvalue weighted by molar-refractivity contribution is 0.155. The van der Waals surface area contributed by atoms with E-state index in [0.29, 0.717) is 19.7 Å². The molecular weight excluding hydrogens is 268 g/mol. The predicted molar refractivity (Wildman–Crippen MR) is 88.4 cm³/mol. The molecule has 0 radical (unpaired) electrons. The third kappa shape index (κ3) is 16.0. The number of alkyl carbamates (subject to hydrolysis) is 1. The number of carbonyl (C=O) groups excluding carboxylic acids is 1. The third-order valence-electron chi connectivity index (χ3n) is 2.22. The Morgan fingerprint density at radius 3 is 2.67 bits per heavy atom. The van der Waals surface area contributed by atoms with Crippen LogP contribution in [-0.2, 0) is 4.74 Å². The normalized spacial score (nSPS) is 12.2. The molecule has 0 atom stereocenters. The second-order valence-corrected chi connectivity index (χ2v) is 3.77. The average molecular weight is 296 g/mol. The van der Waals surface area contributed by atoms with Crippen LogP contribution < -0.4 is 11.1 Å². The molecule has 0 unspecified atom stereocenters. The molecular formula is C15H28N4O2. The highest BCUT2D eigenvalue weighted by molar-refractivity contribution is 6.12. The lowest BCUT2D eigenvalue weighted by Gasteiger charge is -2.07. The number of allylic oxidation sites excluding steroid dienone is 3. The van der Waals surface area contributed by atoms with Crippen LogP contribution in [0.15, 0.2) is 23.8 Å². The summed E-state index contributed by atoms with van der Waals surface area (Å²) in [6.07, 6.45) is 10.8. The fourth-order valence-electron chi connectivity index (χ4n) is 1.33. The number of rotatable bonds is 5. The van der Waals surface area contributed by atoms with E-state index in [9.17, 15) is 4.79 Å². The van der Waals surface area contributed by atoms with Crippen molar-refractivity contribution in [2.45, 2.75) is 33.1 Å². The van der Waals surface area contributed by atoms with Crippen molar-refractivity contribution in [1.82, 2.24) is 5.32 Å². The van der Waals surface area contributed by atoms with Gasteiger partial charge in [0.05, 0.1) is 0 Å². The van der Waals surface area contributed by atoms with Crippen LogP contribution in [0, 0.1) is 10.8 Å². The molecule has 1 aliphatic rings. The summed E-state index contributed by atoms with van der Waals surface area (Å²) < 4.78 is 5.03. The molecule has 5 N–H and O–H groups in total. The van der Waals surface area contributed by atoms with Crippen LogP contribution >= 0.6 is 0 Å². The van der Waals surface area contributed by atoms with Crippen molar-refractivity contribution in [3.05, 3.63) is 23.8 Å². The van der Waals surface area contributed by atoms with Gasteiger partial charge in [0.25, 0.3) is 0 Å². The molecule has 21 heavy (non-hydrogen) atoms. The largest absolute Gasteiger partial charge is 0.445 e. The zero-order valence-corrected chi connectivity index (χ0v) is 13.0. The highest BCUT2D eigenvalue weighted by Crippen LogP contribution is 2.12. The Labute approximate surface area is 127 Å². The summed E-state index contributed by atoms with van der Waals surface area (Å²) in [6.45, 7) is 5.26. The van der Waals surface area contributed by atoms with Gasteiger partial charge in [-0.15, -0.1) is 0 Å². The smallest absolute Gasteiger partial charge is 0.407 e. The molecule has 6 heteroatoms. The highest BCUT2D eigenvalue weighted by Gasteiger charge is 2.04. The Hall–Kier alpha value is -1.95. The van der Waals surface area contributed by atoms with Gasteiger partial charge in [-0.1, -0.05) is 32.1 Å². The van der Waals surface area contributed by atoms with Gasteiger partial charge < -0.3 is 26.6 Å². The summed E-state index contributed by atoms with van der Waals surface area (Å²) in [5.74, 6) is 0. The van der Waals surface area contributed by atoms with Crippen molar-refractivity contribution in [2.75, 3.05) is 19.7 Å². The third-order valence-corrected chi connectivity index (χ3v) is 2.22. The topological polar surface area (TPSA) is 112 Å². The Morgan fingerprint density at radius 1 is 1.43 bits per heavy atom. The van der Waals surface area contributed by atoms with Gasteiger partial charge in [0.1, 0.15) is 6.61 Å². The maximum Gasteiger partial charge on any atom is 0.407 e. The van der Waals surface area contributed by atoms with Gasteiger partial charge in [0.2, 0.25) is 0 Å². The minimum absolute atomic E-state index is 0.376. The van der Waals surface area contributed by atoms with Gasteiger partial charge >= 0.3 is 6.09 Å². The molecule has 0 aromatic carbocycles. The van der Waals surface area contributed by atoms with E-state index in [1.807, 2.05) is 26.0 Å². The average Bonchev–Trinajstić information content (AvgIpc) is 2.81. The van der Waals surface area contributed by atoms with E-state index < -0.39 is 6.09 Å². The van der Waals surface area contributed by atoms with Crippen molar-refractivity contribution in [3.63, 3.8) is 0 Å². The summed E-state index contributed by atoms with van der Waals surface area (Å²) in [7, 11) is 0. The van der Waals surface area contributed by atoms with Crippen LogP contribution in [0.25, 0.3) is 0 Å². The quantitative estimate of drug-likeness (QED) is 0.585. The van der Waals surface area contributed by atoms with Crippen LogP contribution in [0.3, 0.4) is 0 Å². The predicted octanol–water partition coefficient (Wildman–Crippen LogP) is 2.65. The Kier molecular flexibility index (Phi) is 18.4. The number of hydrogen-bond acceptors (Lipinski definition) is 5. The zero-order valence-electron chi connectivity index (χ0n) is 13.0. The SMILES string of the molecule is CC.N=CC=N.NCCNC(=O)OCC1=CC=CCCC1. The van der Waals surface area contributed by atoms with Crippen molar-refractivity contribution < 1.29 is 9.53 Å². The van der Waals surface area contributed by atoms with E-state index in [1.165, 1.54) is 0 Å². The van der Waals surface area contributed by atoms with Gasteiger partial charge in [0.15, 0.2) is 0 Å². The maximum absolute atomic E-state index is 11.1. The lowest BCUT2D eigenvalue weighted by atomic mass is 10.1. The van der Waals surface area contributed by atoms with E-state index in [2.05, 4.69) is 11.4 Å². The monoisotopic (exact) mass is 296 g/mol. The molecule has 0 aliphatic heterocycles. The first-order valence-corrected chi connectivity index (χ1v) is 7.19. The Morgan fingerprint density at radius 2 is 2.10 bits per heavy atom. The van der Waals surface area contributed by atoms with Crippen molar-refractivity contribution in [1.29, 1.82) is 10.8 Å². The Bertz CT molecular complexity index is 333. The Balaban J connectivity index is 0. The van der Waals surface area contributed by atoms with Gasteiger partial charge in [-0.05, 0) is 24.8 Å². The molecule has 0 aromatic rings. The molecule has 0 saturated carbocycles. The molecule has 1 aliphatic carbocycles. The highest BCUT2D eigenvalue weighted by atomic mass is 16.5. The van der Waals surface area contributed by atoms with Crippen LogP contribution in [0.5, 0.6) is 0 Å². The number of carbonyl (C=O) groups is 1. The first-order valence-electron chi connectivity index (χ1n) is 7.19. The minimum Gasteiger partial charge on any atom is -0.445 e. The molecule has 120 valence electrons. The van der Waals surface area contributed by atoms with Crippen LogP contribution in [-0.4, -0.2) is 38.2 Å². The summed E-state index contributed by atoms with van der Waals surface area (Å²) >= 11 is 0. The summed E-state index contributed by atoms with van der Waals surface area (Å²) in [4.78, 5) is 11.1. The van der Waals surface area contributed by atoms with Gasteiger partial charge in [-0.25, -0.2) is 4.79 Å².